The minimum atomic E-state index is 0.528. The molecule has 0 nitrogen and oxygen atoms in total. The van der Waals surface area contributed by atoms with E-state index in [9.17, 15) is 0 Å². The Morgan fingerprint density at radius 3 is 2.12 bits per heavy atom. The zero-order chi connectivity index (χ0) is 6.57. The molecule has 0 heteroatoms. The van der Waals surface area contributed by atoms with Crippen LogP contribution in [0.3, 0.4) is 0 Å². The molecular formula is C8H14. The molecule has 0 fully saturated rings. The summed E-state index contributed by atoms with van der Waals surface area (Å²) in [5, 5.41) is 0. The van der Waals surface area contributed by atoms with Gasteiger partial charge in [0.25, 0.3) is 0 Å². The lowest BCUT2D eigenvalue weighted by molar-refractivity contribution is 0.928. The van der Waals surface area contributed by atoms with Gasteiger partial charge in [-0.25, -0.2) is 0 Å². The van der Waals surface area contributed by atoms with Crippen LogP contribution in [0.15, 0.2) is 24.3 Å². The topological polar surface area (TPSA) is 0 Å². The zero-order valence-electron chi connectivity index (χ0n) is 5.94. The summed E-state index contributed by atoms with van der Waals surface area (Å²) in [4.78, 5) is 0. The number of hydrogen-bond donors (Lipinski definition) is 0. The fourth-order valence-corrected chi connectivity index (χ4v) is 0.594. The third kappa shape index (κ3) is 3.66. The molecule has 1 atom stereocenters. The van der Waals surface area contributed by atoms with Gasteiger partial charge >= 0.3 is 0 Å². The van der Waals surface area contributed by atoms with Crippen LogP contribution in [0.2, 0.25) is 0 Å². The summed E-state index contributed by atoms with van der Waals surface area (Å²) < 4.78 is 0. The van der Waals surface area contributed by atoms with Crippen molar-refractivity contribution >= 4 is 0 Å². The van der Waals surface area contributed by atoms with Gasteiger partial charge in [0.15, 0.2) is 0 Å². The molecular weight excluding hydrogens is 96.1 g/mol. The van der Waals surface area contributed by atoms with Crippen molar-refractivity contribution in [3.8, 4) is 0 Å². The average Bonchev–Trinajstić information content (AvgIpc) is 1.65. The minimum absolute atomic E-state index is 0.528. The maximum Gasteiger partial charge on any atom is -0.00821 e. The first-order valence-electron chi connectivity index (χ1n) is 2.94. The standard InChI is InChI=1S/C8H14/c1-5-8(4)6-7(2)3/h5-6,8H,1H2,2-4H3. The van der Waals surface area contributed by atoms with Gasteiger partial charge in [0.2, 0.25) is 0 Å². The van der Waals surface area contributed by atoms with E-state index in [0.29, 0.717) is 5.92 Å². The van der Waals surface area contributed by atoms with Crippen LogP contribution >= 0.6 is 0 Å². The highest BCUT2D eigenvalue weighted by Crippen LogP contribution is 2.01. The van der Waals surface area contributed by atoms with Crippen LogP contribution in [0.5, 0.6) is 0 Å². The van der Waals surface area contributed by atoms with E-state index in [1.54, 1.807) is 0 Å². The van der Waals surface area contributed by atoms with E-state index in [4.69, 9.17) is 0 Å². The van der Waals surface area contributed by atoms with Crippen molar-refractivity contribution < 1.29 is 0 Å². The monoisotopic (exact) mass is 110 g/mol. The molecule has 0 saturated heterocycles. The van der Waals surface area contributed by atoms with E-state index >= 15 is 0 Å². The van der Waals surface area contributed by atoms with E-state index in [1.807, 2.05) is 6.08 Å². The Morgan fingerprint density at radius 2 is 2.00 bits per heavy atom. The van der Waals surface area contributed by atoms with Crippen molar-refractivity contribution in [1.29, 1.82) is 0 Å². The van der Waals surface area contributed by atoms with Crippen molar-refractivity contribution in [3.63, 3.8) is 0 Å². The van der Waals surface area contributed by atoms with Gasteiger partial charge in [-0.3, -0.25) is 0 Å². The van der Waals surface area contributed by atoms with E-state index < -0.39 is 0 Å². The summed E-state index contributed by atoms with van der Waals surface area (Å²) in [5.41, 5.74) is 1.36. The largest absolute Gasteiger partial charge is 0.102 e. The van der Waals surface area contributed by atoms with Gasteiger partial charge in [0.1, 0.15) is 0 Å². The summed E-state index contributed by atoms with van der Waals surface area (Å²) in [5.74, 6) is 0.528. The molecule has 46 valence electrons. The lowest BCUT2D eigenvalue weighted by Crippen LogP contribution is -1.80. The fourth-order valence-electron chi connectivity index (χ4n) is 0.594. The molecule has 0 amide bonds. The first kappa shape index (κ1) is 7.48. The van der Waals surface area contributed by atoms with Crippen molar-refractivity contribution in [2.24, 2.45) is 5.92 Å². The summed E-state index contributed by atoms with van der Waals surface area (Å²) in [7, 11) is 0. The molecule has 0 saturated carbocycles. The van der Waals surface area contributed by atoms with Gasteiger partial charge in [-0.2, -0.15) is 0 Å². The Hall–Kier alpha value is -0.520. The van der Waals surface area contributed by atoms with Crippen LogP contribution in [-0.4, -0.2) is 0 Å². The summed E-state index contributed by atoms with van der Waals surface area (Å²) in [6.07, 6.45) is 4.12. The molecule has 1 unspecified atom stereocenters. The van der Waals surface area contributed by atoms with Crippen LogP contribution in [0.4, 0.5) is 0 Å². The molecule has 0 aliphatic heterocycles. The predicted molar refractivity (Wildman–Crippen MR) is 38.8 cm³/mol. The minimum Gasteiger partial charge on any atom is -0.102 e. The van der Waals surface area contributed by atoms with Gasteiger partial charge in [-0.15, -0.1) is 6.58 Å². The van der Waals surface area contributed by atoms with Crippen LogP contribution in [0.1, 0.15) is 20.8 Å². The molecule has 0 aromatic rings. The molecule has 0 spiro atoms. The lowest BCUT2D eigenvalue weighted by Gasteiger charge is -1.95. The lowest BCUT2D eigenvalue weighted by atomic mass is 10.1. The molecule has 0 radical (unpaired) electrons. The quantitative estimate of drug-likeness (QED) is 0.479. The third-order valence-electron chi connectivity index (χ3n) is 0.968. The normalized spacial score (nSPS) is 12.4. The SMILES string of the molecule is C=CC(C)C=C(C)C. The third-order valence-corrected chi connectivity index (χ3v) is 0.968. The van der Waals surface area contributed by atoms with Crippen LogP contribution in [0, 0.1) is 5.92 Å². The highest BCUT2D eigenvalue weighted by molar-refractivity contribution is 5.01. The molecule has 0 aliphatic carbocycles. The highest BCUT2D eigenvalue weighted by atomic mass is 13.9. The van der Waals surface area contributed by atoms with Crippen molar-refractivity contribution in [2.75, 3.05) is 0 Å². The van der Waals surface area contributed by atoms with E-state index in [2.05, 4.69) is 33.4 Å². The van der Waals surface area contributed by atoms with E-state index in [1.165, 1.54) is 5.57 Å². The molecule has 8 heavy (non-hydrogen) atoms. The highest BCUT2D eigenvalue weighted by Gasteiger charge is 1.85. The van der Waals surface area contributed by atoms with Gasteiger partial charge in [-0.05, 0) is 19.8 Å². The zero-order valence-corrected chi connectivity index (χ0v) is 5.94. The maximum absolute atomic E-state index is 3.67. The van der Waals surface area contributed by atoms with Gasteiger partial charge in [-0.1, -0.05) is 24.6 Å². The predicted octanol–water partition coefficient (Wildman–Crippen LogP) is 2.77. The molecule has 0 bridgehead atoms. The van der Waals surface area contributed by atoms with Crippen molar-refractivity contribution in [2.45, 2.75) is 20.8 Å². The van der Waals surface area contributed by atoms with E-state index in [0.717, 1.165) is 0 Å². The first-order chi connectivity index (χ1) is 3.66. The van der Waals surface area contributed by atoms with E-state index in [-0.39, 0.29) is 0 Å². The van der Waals surface area contributed by atoms with Gasteiger partial charge < -0.3 is 0 Å². The van der Waals surface area contributed by atoms with Gasteiger partial charge in [0.05, 0.1) is 0 Å². The Morgan fingerprint density at radius 1 is 1.50 bits per heavy atom. The molecule has 0 aliphatic rings. The summed E-state index contributed by atoms with van der Waals surface area (Å²) in [6.45, 7) is 9.99. The number of hydrogen-bond acceptors (Lipinski definition) is 0. The maximum atomic E-state index is 3.67. The average molecular weight is 110 g/mol. The molecule has 0 N–H and O–H groups in total. The summed E-state index contributed by atoms with van der Waals surface area (Å²) >= 11 is 0. The van der Waals surface area contributed by atoms with Crippen molar-refractivity contribution in [1.82, 2.24) is 0 Å². The second-order valence-electron chi connectivity index (χ2n) is 2.34. The molecule has 0 aromatic heterocycles. The van der Waals surface area contributed by atoms with Crippen molar-refractivity contribution in [3.05, 3.63) is 24.3 Å². The fraction of sp³-hybridized carbons (Fsp3) is 0.500. The van der Waals surface area contributed by atoms with Gasteiger partial charge in [0, 0.05) is 0 Å². The Kier molecular flexibility index (Phi) is 3.25. The second kappa shape index (κ2) is 3.48. The second-order valence-corrected chi connectivity index (χ2v) is 2.34. The van der Waals surface area contributed by atoms with Crippen LogP contribution < -0.4 is 0 Å². The molecule has 0 heterocycles. The smallest absolute Gasteiger partial charge is 0.00821 e. The number of rotatable bonds is 2. The van der Waals surface area contributed by atoms with Crippen LogP contribution in [-0.2, 0) is 0 Å². The molecule has 0 rings (SSSR count). The first-order valence-corrected chi connectivity index (χ1v) is 2.94. The Balaban J connectivity index is 3.68. The van der Waals surface area contributed by atoms with Crippen LogP contribution in [0.25, 0.3) is 0 Å². The number of allylic oxidation sites excluding steroid dienone is 3. The Labute approximate surface area is 51.9 Å². The molecule has 0 aromatic carbocycles. The Bertz CT molecular complexity index is 94.6. The summed E-state index contributed by atoms with van der Waals surface area (Å²) in [6, 6.07) is 0.